The number of furan rings is 1. The smallest absolute Gasteiger partial charge is 0.177 e. The van der Waals surface area contributed by atoms with E-state index in [4.69, 9.17) is 10.2 Å². The highest BCUT2D eigenvalue weighted by Crippen LogP contribution is 2.39. The van der Waals surface area contributed by atoms with Gasteiger partial charge in [0.2, 0.25) is 0 Å². The van der Waals surface area contributed by atoms with Crippen LogP contribution in [0.25, 0.3) is 43.5 Å². The van der Waals surface area contributed by atoms with Crippen LogP contribution in [0.2, 0.25) is 0 Å². The molecule has 0 bridgehead atoms. The van der Waals surface area contributed by atoms with E-state index in [1.165, 1.54) is 11.5 Å². The lowest BCUT2D eigenvalue weighted by Gasteiger charge is -2.25. The van der Waals surface area contributed by atoms with Gasteiger partial charge in [-0.2, -0.15) is 9.47 Å². The van der Waals surface area contributed by atoms with Gasteiger partial charge in [0, 0.05) is 46.1 Å². The van der Waals surface area contributed by atoms with Crippen molar-refractivity contribution in [2.24, 2.45) is 0 Å². The Bertz CT molecular complexity index is 1390. The molecule has 1 aliphatic rings. The fourth-order valence-electron chi connectivity index (χ4n) is 4.49. The molecule has 6 rings (SSSR count). The molecule has 0 spiro atoms. The summed E-state index contributed by atoms with van der Waals surface area (Å²) < 4.78 is 13.6. The molecule has 0 radical (unpaired) electrons. The van der Waals surface area contributed by atoms with Gasteiger partial charge in [0.15, 0.2) is 11.4 Å². The van der Waals surface area contributed by atoms with Gasteiger partial charge in [-0.1, -0.05) is 12.1 Å². The van der Waals surface area contributed by atoms with Crippen LogP contribution in [0.5, 0.6) is 0 Å². The zero-order chi connectivity index (χ0) is 20.9. The van der Waals surface area contributed by atoms with Crippen molar-refractivity contribution in [2.45, 2.75) is 37.8 Å². The predicted molar refractivity (Wildman–Crippen MR) is 122 cm³/mol. The molecule has 1 fully saturated rings. The maximum atomic E-state index is 9.79. The van der Waals surface area contributed by atoms with Gasteiger partial charge in [0.05, 0.1) is 23.0 Å². The molecule has 3 N–H and O–H groups in total. The lowest BCUT2D eigenvalue weighted by atomic mass is 9.93. The number of anilines is 1. The van der Waals surface area contributed by atoms with Crippen LogP contribution in [0.3, 0.4) is 0 Å². The van der Waals surface area contributed by atoms with Crippen molar-refractivity contribution in [3.05, 3.63) is 49.1 Å². The number of aliphatic hydroxyl groups is 1. The number of fused-ring (bicyclic) bond motifs is 2. The number of pyridine rings is 1. The van der Waals surface area contributed by atoms with Crippen LogP contribution in [0, 0.1) is 0 Å². The first-order chi connectivity index (χ1) is 15.2. The van der Waals surface area contributed by atoms with E-state index in [9.17, 15) is 5.11 Å². The van der Waals surface area contributed by atoms with Crippen molar-refractivity contribution in [3.63, 3.8) is 0 Å². The van der Waals surface area contributed by atoms with Crippen LogP contribution >= 0.6 is 11.5 Å². The lowest BCUT2D eigenvalue weighted by molar-refractivity contribution is 0.108. The molecule has 0 unspecified atom stereocenters. The van der Waals surface area contributed by atoms with Crippen LogP contribution in [0.4, 0.5) is 5.82 Å². The Hall–Kier alpha value is -3.23. The van der Waals surface area contributed by atoms with Crippen molar-refractivity contribution in [3.8, 4) is 22.5 Å². The number of rotatable bonds is 3. The van der Waals surface area contributed by atoms with E-state index in [-0.39, 0.29) is 6.10 Å². The SMILES string of the molecule is Nc1ncc(-c2cnn(C3CCC(O)CC3)c2)c2cc(-c3cccc4cnsc34)oc12. The average Bonchev–Trinajstić information content (AvgIpc) is 3.53. The van der Waals surface area contributed by atoms with E-state index in [1.54, 1.807) is 6.20 Å². The van der Waals surface area contributed by atoms with Gasteiger partial charge in [0.1, 0.15) is 5.76 Å². The number of aromatic nitrogens is 4. The second kappa shape index (κ2) is 7.18. The van der Waals surface area contributed by atoms with Gasteiger partial charge in [0.25, 0.3) is 0 Å². The van der Waals surface area contributed by atoms with Gasteiger partial charge in [-0.25, -0.2) is 4.98 Å². The van der Waals surface area contributed by atoms with E-state index in [0.29, 0.717) is 17.4 Å². The highest BCUT2D eigenvalue weighted by molar-refractivity contribution is 7.13. The standard InChI is InChI=1S/C23H21N5O2S/c24-23-21-18(8-20(30-21)17-3-1-2-13-10-27-31-22(13)17)19(11-25-23)14-9-26-28(12-14)15-4-6-16(29)7-5-15/h1-3,8-12,15-16,29H,4-7H2,(H2,24,25). The minimum Gasteiger partial charge on any atom is -0.452 e. The number of hydrogen-bond acceptors (Lipinski definition) is 7. The summed E-state index contributed by atoms with van der Waals surface area (Å²) in [5.41, 5.74) is 9.67. The molecule has 8 heteroatoms. The predicted octanol–water partition coefficient (Wildman–Crippen LogP) is 5.03. The van der Waals surface area contributed by atoms with E-state index in [0.717, 1.165) is 63.6 Å². The summed E-state index contributed by atoms with van der Waals surface area (Å²) in [5, 5.41) is 16.4. The Morgan fingerprint density at radius 3 is 2.84 bits per heavy atom. The second-order valence-electron chi connectivity index (χ2n) is 8.13. The lowest BCUT2D eigenvalue weighted by Crippen LogP contribution is -2.21. The van der Waals surface area contributed by atoms with Crippen molar-refractivity contribution in [1.82, 2.24) is 19.1 Å². The van der Waals surface area contributed by atoms with Crippen molar-refractivity contribution in [1.29, 1.82) is 0 Å². The first-order valence-electron chi connectivity index (χ1n) is 10.4. The molecule has 1 aliphatic carbocycles. The first-order valence-corrected chi connectivity index (χ1v) is 11.2. The van der Waals surface area contributed by atoms with Gasteiger partial charge >= 0.3 is 0 Å². The highest BCUT2D eigenvalue weighted by Gasteiger charge is 2.22. The van der Waals surface area contributed by atoms with Crippen LogP contribution in [0.15, 0.2) is 53.5 Å². The summed E-state index contributed by atoms with van der Waals surface area (Å²) in [4.78, 5) is 4.38. The molecule has 4 aromatic heterocycles. The summed E-state index contributed by atoms with van der Waals surface area (Å²) in [7, 11) is 0. The van der Waals surface area contributed by atoms with E-state index in [1.807, 2.05) is 41.3 Å². The van der Waals surface area contributed by atoms with Crippen LogP contribution in [-0.2, 0) is 0 Å². The third kappa shape index (κ3) is 3.10. The largest absolute Gasteiger partial charge is 0.452 e. The number of nitrogens with two attached hydrogens (primary N) is 1. The van der Waals surface area contributed by atoms with Gasteiger partial charge in [-0.3, -0.25) is 4.68 Å². The third-order valence-electron chi connectivity index (χ3n) is 6.19. The minimum atomic E-state index is -0.181. The minimum absolute atomic E-state index is 0.181. The molecular weight excluding hydrogens is 410 g/mol. The molecule has 0 amide bonds. The Morgan fingerprint density at radius 1 is 1.10 bits per heavy atom. The maximum absolute atomic E-state index is 9.79. The van der Waals surface area contributed by atoms with Crippen LogP contribution in [0.1, 0.15) is 31.7 Å². The van der Waals surface area contributed by atoms with Gasteiger partial charge in [-0.05, 0) is 49.3 Å². The number of nitrogens with zero attached hydrogens (tertiary/aromatic N) is 4. The van der Waals surface area contributed by atoms with Gasteiger partial charge in [-0.15, -0.1) is 0 Å². The Labute approximate surface area is 182 Å². The zero-order valence-electron chi connectivity index (χ0n) is 16.7. The average molecular weight is 432 g/mol. The molecule has 0 atom stereocenters. The van der Waals surface area contributed by atoms with Crippen molar-refractivity contribution in [2.75, 3.05) is 5.73 Å². The molecule has 5 aromatic rings. The quantitative estimate of drug-likeness (QED) is 0.415. The fraction of sp³-hybridized carbons (Fsp3) is 0.261. The number of aliphatic hydroxyl groups excluding tert-OH is 1. The maximum Gasteiger partial charge on any atom is 0.177 e. The fourth-order valence-corrected chi connectivity index (χ4v) is 5.26. The van der Waals surface area contributed by atoms with Gasteiger partial charge < -0.3 is 15.3 Å². The normalized spacial score (nSPS) is 19.4. The molecule has 156 valence electrons. The van der Waals surface area contributed by atoms with Crippen LogP contribution in [-0.4, -0.2) is 30.3 Å². The zero-order valence-corrected chi connectivity index (χ0v) is 17.5. The third-order valence-corrected chi connectivity index (χ3v) is 7.04. The highest BCUT2D eigenvalue weighted by atomic mass is 32.1. The monoisotopic (exact) mass is 431 g/mol. The Balaban J connectivity index is 1.44. The Kier molecular flexibility index (Phi) is 4.29. The molecular formula is C23H21N5O2S. The number of hydrogen-bond donors (Lipinski definition) is 2. The molecule has 1 saturated carbocycles. The summed E-state index contributed by atoms with van der Waals surface area (Å²) in [6, 6.07) is 8.44. The van der Waals surface area contributed by atoms with Crippen molar-refractivity contribution >= 4 is 38.4 Å². The first kappa shape index (κ1) is 18.5. The molecule has 4 heterocycles. The number of nitrogen functional groups attached to an aromatic ring is 1. The van der Waals surface area contributed by atoms with E-state index in [2.05, 4.69) is 20.7 Å². The topological polar surface area (TPSA) is 103 Å². The summed E-state index contributed by atoms with van der Waals surface area (Å²) in [6.45, 7) is 0. The van der Waals surface area contributed by atoms with E-state index < -0.39 is 0 Å². The number of benzene rings is 1. The van der Waals surface area contributed by atoms with Crippen LogP contribution < -0.4 is 5.73 Å². The molecule has 7 nitrogen and oxygen atoms in total. The second-order valence-corrected chi connectivity index (χ2v) is 8.93. The van der Waals surface area contributed by atoms with E-state index >= 15 is 0 Å². The summed E-state index contributed by atoms with van der Waals surface area (Å²) >= 11 is 1.45. The van der Waals surface area contributed by atoms with Crippen molar-refractivity contribution < 1.29 is 9.52 Å². The summed E-state index contributed by atoms with van der Waals surface area (Å²) in [6.07, 6.45) is 10.9. The summed E-state index contributed by atoms with van der Waals surface area (Å²) in [5.74, 6) is 1.12. The molecule has 31 heavy (non-hydrogen) atoms. The Morgan fingerprint density at radius 2 is 1.97 bits per heavy atom. The molecule has 0 aliphatic heterocycles. The molecule has 1 aromatic carbocycles. The molecule has 0 saturated heterocycles.